The minimum atomic E-state index is 0. The third-order valence-electron chi connectivity index (χ3n) is 1.89. The summed E-state index contributed by atoms with van der Waals surface area (Å²) in [5.41, 5.74) is 3.96. The van der Waals surface area contributed by atoms with Gasteiger partial charge >= 0.3 is 0 Å². The van der Waals surface area contributed by atoms with Gasteiger partial charge in [-0.05, 0) is 17.7 Å². The molecule has 1 aromatic carbocycles. The van der Waals surface area contributed by atoms with Gasteiger partial charge in [-0.3, -0.25) is 0 Å². The van der Waals surface area contributed by atoms with Crippen molar-refractivity contribution in [1.29, 1.82) is 0 Å². The summed E-state index contributed by atoms with van der Waals surface area (Å²) < 4.78 is 0. The van der Waals surface area contributed by atoms with Crippen molar-refractivity contribution in [1.82, 2.24) is 10.8 Å². The fraction of sp³-hybridized carbons (Fsp3) is 0.125. The van der Waals surface area contributed by atoms with Crippen molar-refractivity contribution in [3.05, 3.63) is 35.9 Å². The lowest BCUT2D eigenvalue weighted by atomic mass is 10.2. The Kier molecular flexibility index (Phi) is 3.59. The minimum Gasteiger partial charge on any atom is -1.00 e. The highest BCUT2D eigenvalue weighted by molar-refractivity contribution is 5.91. The molecular formula is C8H12BrN5. The van der Waals surface area contributed by atoms with Crippen molar-refractivity contribution in [3.63, 3.8) is 0 Å². The molecule has 0 bridgehead atoms. The van der Waals surface area contributed by atoms with Gasteiger partial charge in [-0.25, -0.2) is 5.84 Å². The number of hydrogen-bond donors (Lipinski definition) is 3. The second-order valence-electron chi connectivity index (χ2n) is 2.90. The molecule has 1 atom stereocenters. The smallest absolute Gasteiger partial charge is 0.273 e. The lowest BCUT2D eigenvalue weighted by Gasteiger charge is -2.07. The molecule has 1 heterocycles. The number of quaternary nitrogens is 1. The Bertz CT molecular complexity index is 326. The van der Waals surface area contributed by atoms with Gasteiger partial charge in [0.2, 0.25) is 0 Å². The average Bonchev–Trinajstić information content (AvgIpc) is 2.47. The van der Waals surface area contributed by atoms with Gasteiger partial charge in [0.1, 0.15) is 0 Å². The van der Waals surface area contributed by atoms with Gasteiger partial charge in [-0.2, -0.15) is 5.01 Å². The van der Waals surface area contributed by atoms with Gasteiger partial charge in [-0.15, -0.1) is 5.23 Å². The first-order chi connectivity index (χ1) is 6.27. The number of nitrogens with one attached hydrogen (secondary N) is 2. The van der Waals surface area contributed by atoms with Crippen LogP contribution in [0.25, 0.3) is 0 Å². The van der Waals surface area contributed by atoms with E-state index in [0.29, 0.717) is 0 Å². The predicted octanol–water partition coefficient (Wildman–Crippen LogP) is -4.52. The highest BCUT2D eigenvalue weighted by atomic mass is 79.9. The van der Waals surface area contributed by atoms with Crippen molar-refractivity contribution >= 4 is 5.84 Å². The molecule has 76 valence electrons. The van der Waals surface area contributed by atoms with Crippen LogP contribution in [-0.2, 0) is 0 Å². The first kappa shape index (κ1) is 11.1. The Balaban J connectivity index is 0.000000980. The number of nitrogens with two attached hydrogens (primary N) is 1. The van der Waals surface area contributed by atoms with Crippen LogP contribution in [0.1, 0.15) is 5.56 Å². The summed E-state index contributed by atoms with van der Waals surface area (Å²) >= 11 is 0. The highest BCUT2D eigenvalue weighted by Gasteiger charge is 2.23. The molecule has 0 aliphatic carbocycles. The normalized spacial score (nSPS) is 20.3. The summed E-state index contributed by atoms with van der Waals surface area (Å²) in [6, 6.07) is 9.93. The van der Waals surface area contributed by atoms with Crippen molar-refractivity contribution in [2.24, 2.45) is 10.9 Å². The maximum absolute atomic E-state index is 5.47. The molecule has 1 aromatic rings. The maximum atomic E-state index is 5.47. The van der Waals surface area contributed by atoms with Crippen LogP contribution in [0.15, 0.2) is 35.4 Å². The van der Waals surface area contributed by atoms with Gasteiger partial charge < -0.3 is 17.0 Å². The van der Waals surface area contributed by atoms with Gasteiger partial charge in [0.05, 0.1) is 12.6 Å². The SMILES string of the molecule is C[NH+]1NN(N)N=C1c1ccccc1.[Br-]. The molecular weight excluding hydrogens is 246 g/mol. The Morgan fingerprint density at radius 1 is 1.36 bits per heavy atom. The molecule has 0 spiro atoms. The zero-order valence-electron chi connectivity index (χ0n) is 7.74. The zero-order chi connectivity index (χ0) is 9.26. The molecule has 0 saturated carbocycles. The first-order valence-corrected chi connectivity index (χ1v) is 4.07. The van der Waals surface area contributed by atoms with E-state index in [1.165, 1.54) is 5.23 Å². The van der Waals surface area contributed by atoms with Crippen molar-refractivity contribution in [3.8, 4) is 0 Å². The van der Waals surface area contributed by atoms with Crippen LogP contribution in [0, 0.1) is 0 Å². The number of hydrazone groups is 1. The van der Waals surface area contributed by atoms with Crippen LogP contribution in [0.4, 0.5) is 0 Å². The number of halogens is 1. The Labute approximate surface area is 92.9 Å². The number of benzene rings is 1. The van der Waals surface area contributed by atoms with Crippen molar-refractivity contribution in [2.45, 2.75) is 0 Å². The van der Waals surface area contributed by atoms with E-state index in [2.05, 4.69) is 10.6 Å². The highest BCUT2D eigenvalue weighted by Crippen LogP contribution is 1.98. The minimum absolute atomic E-state index is 0. The molecule has 14 heavy (non-hydrogen) atoms. The Morgan fingerprint density at radius 2 is 2.00 bits per heavy atom. The molecule has 5 nitrogen and oxygen atoms in total. The molecule has 1 aliphatic rings. The summed E-state index contributed by atoms with van der Waals surface area (Å²) in [7, 11) is 1.94. The fourth-order valence-electron chi connectivity index (χ4n) is 1.30. The van der Waals surface area contributed by atoms with Gasteiger partial charge in [-0.1, -0.05) is 23.3 Å². The van der Waals surface area contributed by atoms with Crippen LogP contribution in [-0.4, -0.2) is 18.1 Å². The maximum Gasteiger partial charge on any atom is 0.273 e. The third kappa shape index (κ3) is 2.10. The summed E-state index contributed by atoms with van der Waals surface area (Å²) in [6.45, 7) is 0. The number of amidine groups is 1. The largest absolute Gasteiger partial charge is 1.00 e. The molecule has 6 heteroatoms. The van der Waals surface area contributed by atoms with E-state index in [0.717, 1.165) is 16.4 Å². The second kappa shape index (κ2) is 4.52. The van der Waals surface area contributed by atoms with Gasteiger partial charge in [0.25, 0.3) is 5.84 Å². The molecule has 2 rings (SSSR count). The van der Waals surface area contributed by atoms with Crippen LogP contribution < -0.4 is 33.4 Å². The molecule has 0 saturated heterocycles. The van der Waals surface area contributed by atoms with Crippen molar-refractivity contribution < 1.29 is 22.0 Å². The van der Waals surface area contributed by atoms with Gasteiger partial charge in [0.15, 0.2) is 0 Å². The van der Waals surface area contributed by atoms with E-state index in [1.807, 2.05) is 37.4 Å². The van der Waals surface area contributed by atoms with E-state index < -0.39 is 0 Å². The zero-order valence-corrected chi connectivity index (χ0v) is 9.32. The topological polar surface area (TPSA) is 58.1 Å². The molecule has 0 radical (unpaired) electrons. The monoisotopic (exact) mass is 257 g/mol. The molecule has 0 fully saturated rings. The molecule has 0 aromatic heterocycles. The summed E-state index contributed by atoms with van der Waals surface area (Å²) in [5, 5.41) is 6.31. The van der Waals surface area contributed by atoms with E-state index >= 15 is 0 Å². The second-order valence-corrected chi connectivity index (χ2v) is 2.90. The summed E-state index contributed by atoms with van der Waals surface area (Å²) in [6.07, 6.45) is 0. The average molecular weight is 258 g/mol. The van der Waals surface area contributed by atoms with Crippen LogP contribution >= 0.6 is 0 Å². The summed E-state index contributed by atoms with van der Waals surface area (Å²) in [5.74, 6) is 6.36. The van der Waals surface area contributed by atoms with Gasteiger partial charge in [0, 0.05) is 0 Å². The lowest BCUT2D eigenvalue weighted by Crippen LogP contribution is -3.17. The Hall–Kier alpha value is -0.950. The third-order valence-corrected chi connectivity index (χ3v) is 1.89. The standard InChI is InChI=1S/C8H11N5.BrH/c1-12-8(10-13(9)11-12)7-5-3-2-4-6-7;/h2-6,11H,9H2,1H3;1H. The van der Waals surface area contributed by atoms with E-state index in [-0.39, 0.29) is 17.0 Å². The van der Waals surface area contributed by atoms with E-state index in [1.54, 1.807) is 0 Å². The van der Waals surface area contributed by atoms with E-state index in [9.17, 15) is 0 Å². The summed E-state index contributed by atoms with van der Waals surface area (Å²) in [4.78, 5) is 0. The fourth-order valence-corrected chi connectivity index (χ4v) is 1.30. The van der Waals surface area contributed by atoms with Crippen LogP contribution in [0.5, 0.6) is 0 Å². The number of hydrogen-bond acceptors (Lipinski definition) is 4. The van der Waals surface area contributed by atoms with Crippen LogP contribution in [0.3, 0.4) is 0 Å². The van der Waals surface area contributed by atoms with Crippen molar-refractivity contribution in [2.75, 3.05) is 7.05 Å². The number of hydrazine groups is 2. The quantitative estimate of drug-likeness (QED) is 0.445. The lowest BCUT2D eigenvalue weighted by molar-refractivity contribution is -0.842. The number of rotatable bonds is 1. The van der Waals surface area contributed by atoms with E-state index in [4.69, 9.17) is 5.84 Å². The predicted molar refractivity (Wildman–Crippen MR) is 49.0 cm³/mol. The first-order valence-electron chi connectivity index (χ1n) is 4.07. The Morgan fingerprint density at radius 3 is 2.50 bits per heavy atom. The van der Waals surface area contributed by atoms with Crippen LogP contribution in [0.2, 0.25) is 0 Å². The molecule has 4 N–H and O–H groups in total. The molecule has 1 aliphatic heterocycles. The number of nitrogens with zero attached hydrogens (tertiary/aromatic N) is 2. The molecule has 0 amide bonds. The molecule has 1 unspecified atom stereocenters.